The predicted octanol–water partition coefficient (Wildman–Crippen LogP) is 6.69. The molecule has 0 unspecified atom stereocenters. The molecule has 1 saturated carbocycles. The van der Waals surface area contributed by atoms with Crippen molar-refractivity contribution in [3.05, 3.63) is 0 Å². The van der Waals surface area contributed by atoms with Crippen molar-refractivity contribution >= 4 is 5.78 Å². The van der Waals surface area contributed by atoms with Crippen molar-refractivity contribution in [1.82, 2.24) is 0 Å². The number of carbonyl (C=O) groups excluding carboxylic acids is 1. The molecule has 21 heavy (non-hydrogen) atoms. The quantitative estimate of drug-likeness (QED) is 0.486. The van der Waals surface area contributed by atoms with Crippen LogP contribution in [-0.2, 0) is 4.79 Å². The van der Waals surface area contributed by atoms with E-state index in [0.717, 1.165) is 12.8 Å². The van der Waals surface area contributed by atoms with Crippen LogP contribution in [0.3, 0.4) is 0 Å². The van der Waals surface area contributed by atoms with Gasteiger partial charge in [-0.3, -0.25) is 4.79 Å². The number of rotatable bonds is 0. The van der Waals surface area contributed by atoms with Gasteiger partial charge in [-0.1, -0.05) is 98.3 Å². The van der Waals surface area contributed by atoms with Gasteiger partial charge < -0.3 is 0 Å². The summed E-state index contributed by atoms with van der Waals surface area (Å²) >= 11 is 0. The Morgan fingerprint density at radius 3 is 1.05 bits per heavy atom. The zero-order valence-electron chi connectivity index (χ0n) is 15.1. The first-order chi connectivity index (χ1) is 9.86. The molecular weight excluding hydrogens is 256 g/mol. The van der Waals surface area contributed by atoms with Crippen LogP contribution in [0.1, 0.15) is 111 Å². The van der Waals surface area contributed by atoms with Crippen molar-refractivity contribution in [2.45, 2.75) is 111 Å². The minimum atomic E-state index is -0.138. The highest BCUT2D eigenvalue weighted by molar-refractivity contribution is 5.89. The number of Topliss-reactive ketones (excluding diaryl/α,β-unsaturated/α-hetero) is 1. The molecule has 1 rings (SSSR count). The molecule has 0 bridgehead atoms. The van der Waals surface area contributed by atoms with Gasteiger partial charge in [0.15, 0.2) is 0 Å². The maximum Gasteiger partial charge on any atom is 0.144 e. The van der Waals surface area contributed by atoms with E-state index in [1.165, 1.54) is 70.6 Å². The van der Waals surface area contributed by atoms with Crippen molar-refractivity contribution in [3.8, 4) is 0 Å². The first-order valence-electron chi connectivity index (χ1n) is 9.41. The van der Waals surface area contributed by atoms with Gasteiger partial charge in [0, 0.05) is 10.8 Å². The molecule has 0 aromatic carbocycles. The van der Waals surface area contributed by atoms with Gasteiger partial charge in [-0.2, -0.15) is 0 Å². The zero-order valence-corrected chi connectivity index (χ0v) is 15.1. The van der Waals surface area contributed by atoms with Crippen LogP contribution in [0.4, 0.5) is 0 Å². The summed E-state index contributed by atoms with van der Waals surface area (Å²) in [5, 5.41) is 0. The average molecular weight is 295 g/mol. The second-order valence-corrected chi connectivity index (χ2v) is 8.49. The normalized spacial score (nSPS) is 26.4. The van der Waals surface area contributed by atoms with Gasteiger partial charge in [-0.05, 0) is 12.8 Å². The lowest BCUT2D eigenvalue weighted by Crippen LogP contribution is -2.37. The Balaban J connectivity index is 2.57. The van der Waals surface area contributed by atoms with Crippen molar-refractivity contribution in [3.63, 3.8) is 0 Å². The molecule has 0 N–H and O–H groups in total. The first kappa shape index (κ1) is 18.7. The van der Waals surface area contributed by atoms with Crippen LogP contribution in [0, 0.1) is 10.8 Å². The number of ketones is 1. The second-order valence-electron chi connectivity index (χ2n) is 8.49. The summed E-state index contributed by atoms with van der Waals surface area (Å²) in [6.07, 6.45) is 16.9. The van der Waals surface area contributed by atoms with Crippen LogP contribution in [0.5, 0.6) is 0 Å². The fourth-order valence-corrected chi connectivity index (χ4v) is 3.87. The molecule has 124 valence electrons. The third-order valence-corrected chi connectivity index (χ3v) is 5.33. The number of carbonyl (C=O) groups is 1. The van der Waals surface area contributed by atoms with Crippen molar-refractivity contribution in [2.75, 3.05) is 0 Å². The molecule has 0 saturated heterocycles. The summed E-state index contributed by atoms with van der Waals surface area (Å²) < 4.78 is 0. The minimum absolute atomic E-state index is 0.138. The lowest BCUT2D eigenvalue weighted by Gasteiger charge is -2.33. The summed E-state index contributed by atoms with van der Waals surface area (Å²) in [7, 11) is 0. The fourth-order valence-electron chi connectivity index (χ4n) is 3.87. The highest BCUT2D eigenvalue weighted by Gasteiger charge is 2.37. The molecule has 0 heterocycles. The van der Waals surface area contributed by atoms with E-state index in [4.69, 9.17) is 0 Å². The van der Waals surface area contributed by atoms with Gasteiger partial charge >= 0.3 is 0 Å². The molecule has 0 spiro atoms. The molecule has 0 amide bonds. The number of hydrogen-bond acceptors (Lipinski definition) is 1. The van der Waals surface area contributed by atoms with Crippen molar-refractivity contribution < 1.29 is 4.79 Å². The van der Waals surface area contributed by atoms with Crippen LogP contribution in [-0.4, -0.2) is 5.78 Å². The smallest absolute Gasteiger partial charge is 0.144 e. The first-order valence-corrected chi connectivity index (χ1v) is 9.41. The van der Waals surface area contributed by atoms with E-state index in [2.05, 4.69) is 27.7 Å². The topological polar surface area (TPSA) is 17.1 Å². The monoisotopic (exact) mass is 294 g/mol. The molecule has 0 aromatic rings. The molecule has 0 radical (unpaired) electrons. The van der Waals surface area contributed by atoms with Gasteiger partial charge in [0.1, 0.15) is 5.78 Å². The van der Waals surface area contributed by atoms with Gasteiger partial charge in [0.05, 0.1) is 0 Å². The van der Waals surface area contributed by atoms with Gasteiger partial charge in [-0.25, -0.2) is 0 Å². The third kappa shape index (κ3) is 6.98. The molecule has 1 heteroatoms. The Morgan fingerprint density at radius 1 is 0.524 bits per heavy atom. The van der Waals surface area contributed by atoms with Gasteiger partial charge in [-0.15, -0.1) is 0 Å². The fraction of sp³-hybridized carbons (Fsp3) is 0.950. The van der Waals surface area contributed by atoms with E-state index in [1.807, 2.05) is 0 Å². The summed E-state index contributed by atoms with van der Waals surface area (Å²) in [5.74, 6) is 0.488. The molecule has 0 atom stereocenters. The van der Waals surface area contributed by atoms with Crippen molar-refractivity contribution in [2.24, 2.45) is 10.8 Å². The molecule has 0 aromatic heterocycles. The van der Waals surface area contributed by atoms with E-state index in [-0.39, 0.29) is 10.8 Å². The van der Waals surface area contributed by atoms with E-state index < -0.39 is 0 Å². The predicted molar refractivity (Wildman–Crippen MR) is 92.6 cm³/mol. The highest BCUT2D eigenvalue weighted by Crippen LogP contribution is 2.37. The summed E-state index contributed by atoms with van der Waals surface area (Å²) in [4.78, 5) is 12.9. The molecule has 1 nitrogen and oxygen atoms in total. The second kappa shape index (κ2) is 8.96. The van der Waals surface area contributed by atoms with Crippen LogP contribution >= 0.6 is 0 Å². The van der Waals surface area contributed by atoms with Crippen LogP contribution in [0.15, 0.2) is 0 Å². The Kier molecular flexibility index (Phi) is 7.98. The van der Waals surface area contributed by atoms with E-state index >= 15 is 0 Å². The van der Waals surface area contributed by atoms with E-state index in [9.17, 15) is 4.79 Å². The summed E-state index contributed by atoms with van der Waals surface area (Å²) in [5.41, 5.74) is -0.277. The van der Waals surface area contributed by atoms with Crippen molar-refractivity contribution in [1.29, 1.82) is 0 Å². The van der Waals surface area contributed by atoms with E-state index in [0.29, 0.717) is 5.78 Å². The van der Waals surface area contributed by atoms with E-state index in [1.54, 1.807) is 0 Å². The summed E-state index contributed by atoms with van der Waals surface area (Å²) in [6.45, 7) is 8.67. The van der Waals surface area contributed by atoms with Crippen LogP contribution in [0.2, 0.25) is 0 Å². The Morgan fingerprint density at radius 2 is 0.762 bits per heavy atom. The zero-order chi connectivity index (χ0) is 15.8. The molecule has 0 aliphatic heterocycles. The highest BCUT2D eigenvalue weighted by atomic mass is 16.1. The molecule has 1 aliphatic carbocycles. The Labute approximate surface area is 133 Å². The van der Waals surface area contributed by atoms with Crippen LogP contribution < -0.4 is 0 Å². The van der Waals surface area contributed by atoms with Gasteiger partial charge in [0.2, 0.25) is 0 Å². The lowest BCUT2D eigenvalue weighted by atomic mass is 9.69. The SMILES string of the molecule is CC1(C)CCCCCCCCCCCCCC(C)(C)C1=O. The largest absolute Gasteiger partial charge is 0.299 e. The standard InChI is InChI=1S/C20H38O/c1-19(2)16-14-12-10-8-6-5-7-9-11-13-15-17-20(3,4)18(19)21/h5-17H2,1-4H3. The summed E-state index contributed by atoms with van der Waals surface area (Å²) in [6, 6.07) is 0. The maximum absolute atomic E-state index is 12.9. The average Bonchev–Trinajstić information content (AvgIpc) is 2.42. The minimum Gasteiger partial charge on any atom is -0.299 e. The Bertz CT molecular complexity index is 273. The molecule has 1 fully saturated rings. The molecular formula is C20H38O. The molecule has 1 aliphatic rings. The number of hydrogen-bond donors (Lipinski definition) is 0. The van der Waals surface area contributed by atoms with Crippen LogP contribution in [0.25, 0.3) is 0 Å². The Hall–Kier alpha value is -0.330. The third-order valence-electron chi connectivity index (χ3n) is 5.33. The maximum atomic E-state index is 12.9. The van der Waals surface area contributed by atoms with Gasteiger partial charge in [0.25, 0.3) is 0 Å². The lowest BCUT2D eigenvalue weighted by molar-refractivity contribution is -0.136.